The number of esters is 1. The van der Waals surface area contributed by atoms with Crippen molar-refractivity contribution < 1.29 is 27.5 Å². The first-order valence-electron chi connectivity index (χ1n) is 9.46. The van der Waals surface area contributed by atoms with E-state index in [2.05, 4.69) is 15.9 Å². The molecule has 0 amide bonds. The van der Waals surface area contributed by atoms with Gasteiger partial charge in [0.25, 0.3) is 0 Å². The van der Waals surface area contributed by atoms with E-state index < -0.39 is 28.7 Å². The highest BCUT2D eigenvalue weighted by atomic mass is 79.9. The third-order valence-corrected chi connectivity index (χ3v) is 7.07. The lowest BCUT2D eigenvalue weighted by Gasteiger charge is -2.18. The molecule has 0 aliphatic carbocycles. The normalized spacial score (nSPS) is 14.2. The summed E-state index contributed by atoms with van der Waals surface area (Å²) in [6, 6.07) is 11.9. The number of hydrogen-bond acceptors (Lipinski definition) is 6. The van der Waals surface area contributed by atoms with E-state index >= 15 is 0 Å². The second kappa shape index (κ2) is 9.18. The maximum Gasteiger partial charge on any atom is 0.347 e. The molecule has 0 radical (unpaired) electrons. The molecule has 1 unspecified atom stereocenters. The van der Waals surface area contributed by atoms with Crippen LogP contribution in [-0.4, -0.2) is 45.2 Å². The van der Waals surface area contributed by atoms with Crippen molar-refractivity contribution in [2.75, 3.05) is 23.2 Å². The minimum absolute atomic E-state index is 0.0174. The van der Waals surface area contributed by atoms with Crippen molar-refractivity contribution >= 4 is 43.4 Å². The number of sulfonamides is 1. The number of ether oxygens (including phenoxy) is 2. The topological polar surface area (TPSA) is 90.0 Å². The second-order valence-electron chi connectivity index (χ2n) is 6.81. The van der Waals surface area contributed by atoms with Crippen molar-refractivity contribution in [3.63, 3.8) is 0 Å². The third-order valence-electron chi connectivity index (χ3n) is 4.76. The van der Waals surface area contributed by atoms with Crippen LogP contribution in [0.2, 0.25) is 0 Å². The lowest BCUT2D eigenvalue weighted by molar-refractivity contribution is -0.149. The van der Waals surface area contributed by atoms with Crippen LogP contribution in [0.15, 0.2) is 46.9 Å². The zero-order valence-electron chi connectivity index (χ0n) is 16.6. The van der Waals surface area contributed by atoms with Gasteiger partial charge in [0, 0.05) is 16.6 Å². The maximum atomic E-state index is 12.4. The molecule has 7 nitrogen and oxygen atoms in total. The Labute approximate surface area is 184 Å². The fourth-order valence-electron chi connectivity index (χ4n) is 3.09. The summed E-state index contributed by atoms with van der Waals surface area (Å²) >= 11 is 3.32. The number of rotatable bonds is 8. The standard InChI is InChI=1S/C21H22BrNO6S/c1-3-30(26,27)23-11-10-15-12-16(4-9-19(15)23)20(24)13-28-21(25)14(2)29-18-7-5-17(22)6-8-18/h4-9,12,14H,3,10-11,13H2,1-2H3. The molecule has 0 N–H and O–H groups in total. The summed E-state index contributed by atoms with van der Waals surface area (Å²) in [7, 11) is -3.34. The number of nitrogens with zero attached hydrogens (tertiary/aromatic N) is 1. The van der Waals surface area contributed by atoms with E-state index in [1.165, 1.54) is 4.31 Å². The second-order valence-corrected chi connectivity index (χ2v) is 9.91. The molecule has 0 fully saturated rings. The van der Waals surface area contributed by atoms with E-state index in [1.54, 1.807) is 56.3 Å². The van der Waals surface area contributed by atoms with E-state index in [0.717, 1.165) is 10.0 Å². The van der Waals surface area contributed by atoms with Crippen LogP contribution in [-0.2, 0) is 26.0 Å². The lowest BCUT2D eigenvalue weighted by atomic mass is 10.1. The van der Waals surface area contributed by atoms with Crippen molar-refractivity contribution in [2.24, 2.45) is 0 Å². The van der Waals surface area contributed by atoms with Crippen LogP contribution >= 0.6 is 15.9 Å². The molecule has 1 aliphatic rings. The SMILES string of the molecule is CCS(=O)(=O)N1CCc2cc(C(=O)COC(=O)C(C)Oc3ccc(Br)cc3)ccc21. The number of ketones is 1. The predicted molar refractivity (Wildman–Crippen MR) is 116 cm³/mol. The molecule has 1 aliphatic heterocycles. The largest absolute Gasteiger partial charge is 0.479 e. The summed E-state index contributed by atoms with van der Waals surface area (Å²) in [5.74, 6) is -0.477. The molecule has 9 heteroatoms. The fraction of sp³-hybridized carbons (Fsp3) is 0.333. The van der Waals surface area contributed by atoms with Gasteiger partial charge in [-0.2, -0.15) is 0 Å². The molecule has 2 aromatic carbocycles. The molecule has 2 aromatic rings. The number of carbonyl (C=O) groups excluding carboxylic acids is 2. The lowest BCUT2D eigenvalue weighted by Crippen LogP contribution is -2.30. The Balaban J connectivity index is 1.59. The Morgan fingerprint density at radius 1 is 1.17 bits per heavy atom. The molecular weight excluding hydrogens is 474 g/mol. The van der Waals surface area contributed by atoms with E-state index in [4.69, 9.17) is 9.47 Å². The number of anilines is 1. The first-order valence-corrected chi connectivity index (χ1v) is 11.9. The van der Waals surface area contributed by atoms with Gasteiger partial charge in [-0.25, -0.2) is 13.2 Å². The van der Waals surface area contributed by atoms with Gasteiger partial charge in [0.05, 0.1) is 11.4 Å². The summed E-state index contributed by atoms with van der Waals surface area (Å²) < 4.78 is 37.2. The fourth-order valence-corrected chi connectivity index (χ4v) is 4.52. The average molecular weight is 496 g/mol. The molecule has 0 aromatic heterocycles. The maximum absolute atomic E-state index is 12.4. The third kappa shape index (κ3) is 5.02. The number of benzene rings is 2. The van der Waals surface area contributed by atoms with Crippen LogP contribution in [0.3, 0.4) is 0 Å². The molecule has 0 saturated carbocycles. The highest BCUT2D eigenvalue weighted by Gasteiger charge is 2.28. The van der Waals surface area contributed by atoms with Crippen LogP contribution in [0.4, 0.5) is 5.69 Å². The summed E-state index contributed by atoms with van der Waals surface area (Å²) in [4.78, 5) is 24.6. The molecule has 160 valence electrons. The van der Waals surface area contributed by atoms with Gasteiger partial charge in [-0.1, -0.05) is 15.9 Å². The van der Waals surface area contributed by atoms with E-state index in [0.29, 0.717) is 30.0 Å². The minimum Gasteiger partial charge on any atom is -0.479 e. The van der Waals surface area contributed by atoms with Gasteiger partial charge in [0.2, 0.25) is 10.0 Å². The van der Waals surface area contributed by atoms with Crippen LogP contribution < -0.4 is 9.04 Å². The summed E-state index contributed by atoms with van der Waals surface area (Å²) in [5, 5.41) is 0. The number of halogens is 1. The summed E-state index contributed by atoms with van der Waals surface area (Å²) in [6.07, 6.45) is -0.333. The van der Waals surface area contributed by atoms with Crippen LogP contribution in [0, 0.1) is 0 Å². The van der Waals surface area contributed by atoms with Gasteiger partial charge in [0.15, 0.2) is 18.5 Å². The highest BCUT2D eigenvalue weighted by Crippen LogP contribution is 2.31. The quantitative estimate of drug-likeness (QED) is 0.412. The molecule has 30 heavy (non-hydrogen) atoms. The minimum atomic E-state index is -3.34. The highest BCUT2D eigenvalue weighted by molar-refractivity contribution is 9.10. The monoisotopic (exact) mass is 495 g/mol. The Hall–Kier alpha value is -2.39. The van der Waals surface area contributed by atoms with Gasteiger partial charge in [-0.3, -0.25) is 9.10 Å². The van der Waals surface area contributed by atoms with Crippen LogP contribution in [0.5, 0.6) is 5.75 Å². The first kappa shape index (κ1) is 22.3. The van der Waals surface area contributed by atoms with Gasteiger partial charge in [-0.15, -0.1) is 0 Å². The van der Waals surface area contributed by atoms with Crippen molar-refractivity contribution in [2.45, 2.75) is 26.4 Å². The van der Waals surface area contributed by atoms with Crippen LogP contribution in [0.1, 0.15) is 29.8 Å². The van der Waals surface area contributed by atoms with E-state index in [-0.39, 0.29) is 11.5 Å². The predicted octanol–water partition coefficient (Wildman–Crippen LogP) is 3.35. The average Bonchev–Trinajstić information content (AvgIpc) is 3.17. The summed E-state index contributed by atoms with van der Waals surface area (Å²) in [5.41, 5.74) is 1.76. The van der Waals surface area contributed by atoms with Gasteiger partial charge in [-0.05, 0) is 68.3 Å². The van der Waals surface area contributed by atoms with E-state index in [9.17, 15) is 18.0 Å². The van der Waals surface area contributed by atoms with Crippen LogP contribution in [0.25, 0.3) is 0 Å². The number of hydrogen-bond donors (Lipinski definition) is 0. The molecule has 1 heterocycles. The molecule has 0 saturated heterocycles. The number of fused-ring (bicyclic) bond motifs is 1. The van der Waals surface area contributed by atoms with Gasteiger partial charge < -0.3 is 9.47 Å². The van der Waals surface area contributed by atoms with Crippen molar-refractivity contribution in [1.29, 1.82) is 0 Å². The summed E-state index contributed by atoms with van der Waals surface area (Å²) in [6.45, 7) is 3.10. The first-order chi connectivity index (χ1) is 14.2. The molecule has 0 spiro atoms. The molecule has 0 bridgehead atoms. The number of Topliss-reactive ketones (excluding diaryl/α,β-unsaturated/α-hetero) is 1. The molecule has 1 atom stereocenters. The molecular formula is C21H22BrNO6S. The Morgan fingerprint density at radius 2 is 1.87 bits per heavy atom. The van der Waals surface area contributed by atoms with Gasteiger partial charge in [0.1, 0.15) is 5.75 Å². The Morgan fingerprint density at radius 3 is 2.53 bits per heavy atom. The zero-order valence-corrected chi connectivity index (χ0v) is 19.0. The Kier molecular flexibility index (Phi) is 6.82. The Bertz CT molecular complexity index is 1050. The zero-order chi connectivity index (χ0) is 21.9. The smallest absolute Gasteiger partial charge is 0.347 e. The van der Waals surface area contributed by atoms with Crippen molar-refractivity contribution in [3.05, 3.63) is 58.1 Å². The van der Waals surface area contributed by atoms with Crippen molar-refractivity contribution in [3.8, 4) is 5.75 Å². The number of carbonyl (C=O) groups is 2. The molecule has 3 rings (SSSR count). The van der Waals surface area contributed by atoms with E-state index in [1.807, 2.05) is 0 Å². The van der Waals surface area contributed by atoms with Crippen molar-refractivity contribution in [1.82, 2.24) is 0 Å². The van der Waals surface area contributed by atoms with Gasteiger partial charge >= 0.3 is 5.97 Å².